The van der Waals surface area contributed by atoms with Gasteiger partial charge in [-0.2, -0.15) is 0 Å². The Bertz CT molecular complexity index is 1880. The molecule has 2 aliphatic carbocycles. The van der Waals surface area contributed by atoms with E-state index in [1.165, 1.54) is 64.0 Å². The van der Waals surface area contributed by atoms with Gasteiger partial charge in [-0.1, -0.05) is 72.8 Å². The summed E-state index contributed by atoms with van der Waals surface area (Å²) in [7, 11) is -0.674. The number of rotatable bonds is 0. The van der Waals surface area contributed by atoms with E-state index in [9.17, 15) is 0 Å². The maximum absolute atomic E-state index is 2.80. The van der Waals surface area contributed by atoms with E-state index in [-0.39, 0.29) is 5.41 Å². The Hall–Kier alpha value is -4.01. The molecule has 3 unspecified atom stereocenters. The van der Waals surface area contributed by atoms with E-state index in [1.54, 1.807) is 10.6 Å². The first kappa shape index (κ1) is 22.6. The first-order chi connectivity index (χ1) is 20.8. The van der Waals surface area contributed by atoms with Crippen LogP contribution >= 0.6 is 7.92 Å². The van der Waals surface area contributed by atoms with Crippen LogP contribution in [0.15, 0.2) is 110 Å². The summed E-state index contributed by atoms with van der Waals surface area (Å²) in [6.45, 7) is 2.42. The van der Waals surface area contributed by atoms with Gasteiger partial charge in [0.1, 0.15) is 12.1 Å². The fourth-order valence-corrected chi connectivity index (χ4v) is 13.4. The molecule has 5 aliphatic heterocycles. The van der Waals surface area contributed by atoms with Gasteiger partial charge in [-0.25, -0.2) is 0 Å². The molecule has 0 amide bonds. The molecule has 0 radical (unpaired) electrons. The average Bonchev–Trinajstić information content (AvgIpc) is 3.84. The monoisotopic (exact) mass is 562 g/mol. The lowest BCUT2D eigenvalue weighted by Gasteiger charge is -2.48. The molecule has 1 fully saturated rings. The lowest BCUT2D eigenvalue weighted by Crippen LogP contribution is -2.55. The van der Waals surface area contributed by atoms with Gasteiger partial charge >= 0.3 is 0 Å². The standard InChI is InChI=1S/C37H31N4P/c1-23-38-19-20-39(23)32-17-6-13-28-34(32)42-35-29(37(28)26-11-4-2-9-24(26)25-10-3-5-12-27(25)37)14-7-18-33(35)41-22-21-40(36(41)42)31-16-8-15-30(31)38/h2-7,9-14,17-23,30-31,36H,8,15-16H2,1H3/t23-,30?,31?,36+,42?/m1/s1. The lowest BCUT2D eigenvalue weighted by atomic mass is 9.67. The van der Waals surface area contributed by atoms with Crippen LogP contribution in [0.3, 0.4) is 0 Å². The molecule has 1 saturated carbocycles. The zero-order chi connectivity index (χ0) is 27.3. The van der Waals surface area contributed by atoms with Gasteiger partial charge in [-0.3, -0.25) is 0 Å². The first-order valence-corrected chi connectivity index (χ1v) is 16.9. The molecule has 7 aliphatic rings. The second-order valence-corrected chi connectivity index (χ2v) is 15.0. The normalized spacial score (nSPS) is 28.8. The van der Waals surface area contributed by atoms with Gasteiger partial charge in [0.05, 0.1) is 28.9 Å². The minimum Gasteiger partial charge on any atom is -0.351 e. The summed E-state index contributed by atoms with van der Waals surface area (Å²) in [5.41, 5.74) is 11.1. The van der Waals surface area contributed by atoms with Crippen molar-refractivity contribution in [2.24, 2.45) is 0 Å². The Kier molecular flexibility index (Phi) is 4.02. The topological polar surface area (TPSA) is 13.0 Å². The third kappa shape index (κ3) is 2.31. The third-order valence-corrected chi connectivity index (χ3v) is 14.3. The SMILES string of the molecule is C[C@H]1N2C=CN1C1CCCC1N1C=CN3c4cccc5c4P(c4c2cccc4C52c4ccccc4-c4ccccc42)[C@H]31. The van der Waals surface area contributed by atoms with Crippen LogP contribution in [0.4, 0.5) is 11.4 Å². The van der Waals surface area contributed by atoms with Crippen LogP contribution in [0, 0.1) is 0 Å². The van der Waals surface area contributed by atoms with Gasteiger partial charge in [0, 0.05) is 43.3 Å². The maximum atomic E-state index is 2.80. The minimum absolute atomic E-state index is 0.301. The number of fused-ring (bicyclic) bond motifs is 14. The molecule has 0 aromatic heterocycles. The van der Waals surface area contributed by atoms with Crippen LogP contribution < -0.4 is 20.4 Å². The Balaban J connectivity index is 1.31. The van der Waals surface area contributed by atoms with Gasteiger partial charge < -0.3 is 19.6 Å². The predicted molar refractivity (Wildman–Crippen MR) is 172 cm³/mol. The molecule has 2 bridgehead atoms. The number of nitrogens with zero attached hydrogens (tertiary/aromatic N) is 4. The molecule has 5 atom stereocenters. The smallest absolute Gasteiger partial charge is 0.133 e. The molecular weight excluding hydrogens is 531 g/mol. The predicted octanol–water partition coefficient (Wildman–Crippen LogP) is 6.56. The highest BCUT2D eigenvalue weighted by Crippen LogP contribution is 2.67. The Morgan fingerprint density at radius 3 is 1.83 bits per heavy atom. The number of anilines is 2. The summed E-state index contributed by atoms with van der Waals surface area (Å²) in [5, 5.41) is 3.18. The average molecular weight is 563 g/mol. The van der Waals surface area contributed by atoms with Crippen molar-refractivity contribution in [3.05, 3.63) is 132 Å². The van der Waals surface area contributed by atoms with E-state index < -0.39 is 7.92 Å². The zero-order valence-electron chi connectivity index (χ0n) is 23.6. The van der Waals surface area contributed by atoms with Crippen LogP contribution in [0.5, 0.6) is 0 Å². The van der Waals surface area contributed by atoms with Crippen LogP contribution in [-0.4, -0.2) is 34.0 Å². The van der Waals surface area contributed by atoms with E-state index in [2.05, 4.69) is 136 Å². The second-order valence-electron chi connectivity index (χ2n) is 12.9. The van der Waals surface area contributed by atoms with Crippen molar-refractivity contribution in [3.8, 4) is 11.1 Å². The maximum Gasteiger partial charge on any atom is 0.133 e. The van der Waals surface area contributed by atoms with Crippen molar-refractivity contribution in [2.75, 3.05) is 9.80 Å². The zero-order valence-corrected chi connectivity index (χ0v) is 24.5. The van der Waals surface area contributed by atoms with Crippen LogP contribution in [0.25, 0.3) is 11.1 Å². The largest absolute Gasteiger partial charge is 0.351 e. The second kappa shape index (κ2) is 7.49. The summed E-state index contributed by atoms with van der Waals surface area (Å²) >= 11 is 0. The first-order valence-electron chi connectivity index (χ1n) is 15.5. The van der Waals surface area contributed by atoms with Gasteiger partial charge in [0.15, 0.2) is 0 Å². The highest BCUT2D eigenvalue weighted by atomic mass is 31.1. The minimum atomic E-state index is -0.674. The Morgan fingerprint density at radius 2 is 1.14 bits per heavy atom. The molecule has 0 N–H and O–H groups in total. The van der Waals surface area contributed by atoms with Crippen molar-refractivity contribution in [3.63, 3.8) is 0 Å². The van der Waals surface area contributed by atoms with Crippen molar-refractivity contribution < 1.29 is 0 Å². The van der Waals surface area contributed by atoms with Crippen molar-refractivity contribution >= 4 is 29.9 Å². The summed E-state index contributed by atoms with van der Waals surface area (Å²) in [6, 6.07) is 34.0. The van der Waals surface area contributed by atoms with Crippen LogP contribution in [0.2, 0.25) is 0 Å². The fourth-order valence-electron chi connectivity index (χ4n) is 9.91. The van der Waals surface area contributed by atoms with Crippen molar-refractivity contribution in [1.82, 2.24) is 9.80 Å². The molecule has 4 aromatic carbocycles. The molecule has 5 heteroatoms. The van der Waals surface area contributed by atoms with Gasteiger partial charge in [-0.05, 0) is 71.7 Å². The summed E-state index contributed by atoms with van der Waals surface area (Å²) in [4.78, 5) is 10.7. The molecule has 42 heavy (non-hydrogen) atoms. The van der Waals surface area contributed by atoms with Crippen molar-refractivity contribution in [1.29, 1.82) is 0 Å². The van der Waals surface area contributed by atoms with Crippen molar-refractivity contribution in [2.45, 2.75) is 55.8 Å². The molecule has 0 saturated heterocycles. The van der Waals surface area contributed by atoms with E-state index in [4.69, 9.17) is 0 Å². The molecule has 204 valence electrons. The third-order valence-electron chi connectivity index (χ3n) is 11.4. The lowest BCUT2D eigenvalue weighted by molar-refractivity contribution is 0.145. The highest BCUT2D eigenvalue weighted by Gasteiger charge is 2.60. The van der Waals surface area contributed by atoms with Crippen LogP contribution in [-0.2, 0) is 5.41 Å². The van der Waals surface area contributed by atoms with E-state index in [1.807, 2.05) is 0 Å². The number of benzene rings is 4. The number of hydrogen-bond acceptors (Lipinski definition) is 4. The van der Waals surface area contributed by atoms with Gasteiger partial charge in [-0.15, -0.1) is 0 Å². The Morgan fingerprint density at radius 1 is 0.595 bits per heavy atom. The number of hydrogen-bond donors (Lipinski definition) is 0. The van der Waals surface area contributed by atoms with E-state index >= 15 is 0 Å². The fraction of sp³-hybridized carbons (Fsp3) is 0.243. The molecule has 1 spiro atoms. The van der Waals surface area contributed by atoms with Gasteiger partial charge in [0.25, 0.3) is 0 Å². The van der Waals surface area contributed by atoms with Crippen LogP contribution in [0.1, 0.15) is 48.4 Å². The summed E-state index contributed by atoms with van der Waals surface area (Å²) in [5.74, 6) is 0.334. The van der Waals surface area contributed by atoms with E-state index in [0.717, 1.165) is 0 Å². The highest BCUT2D eigenvalue weighted by molar-refractivity contribution is 7.75. The van der Waals surface area contributed by atoms with Gasteiger partial charge in [0.2, 0.25) is 0 Å². The molecule has 4 nitrogen and oxygen atoms in total. The molecule has 11 rings (SSSR count). The molecule has 5 heterocycles. The summed E-state index contributed by atoms with van der Waals surface area (Å²) in [6.07, 6.45) is 13.8. The summed E-state index contributed by atoms with van der Waals surface area (Å²) < 4.78 is 0. The molecular formula is C37H31N4P. The Labute approximate surface area is 247 Å². The molecule has 4 aromatic rings. The van der Waals surface area contributed by atoms with E-state index in [0.29, 0.717) is 24.2 Å². The quantitative estimate of drug-likeness (QED) is 0.198.